The fourth-order valence-electron chi connectivity index (χ4n) is 14.6. The largest absolute Gasteiger partial charge is 0.478 e. The molecule has 1 aromatic rings. The predicted octanol–water partition coefficient (Wildman–Crippen LogP) is 4.13. The third kappa shape index (κ3) is 6.77. The lowest BCUT2D eigenvalue weighted by Crippen LogP contribution is -2.67. The summed E-state index contributed by atoms with van der Waals surface area (Å²) >= 11 is 0. The van der Waals surface area contributed by atoms with Gasteiger partial charge in [-0.1, -0.05) is 52.0 Å². The maximum absolute atomic E-state index is 14.9. The summed E-state index contributed by atoms with van der Waals surface area (Å²) in [6, 6.07) is -1.96. The summed E-state index contributed by atoms with van der Waals surface area (Å²) in [5, 5.41) is 56.7. The number of methoxy groups -OCH3 is 1. The van der Waals surface area contributed by atoms with Gasteiger partial charge in [-0.05, 0) is 128 Å². The normalized spacial score (nSPS) is 42.0. The van der Waals surface area contributed by atoms with E-state index in [1.807, 2.05) is 0 Å². The highest BCUT2D eigenvalue weighted by Gasteiger charge is 2.72. The molecule has 1 aliphatic heterocycles. The fraction of sp³-hybridized carbons (Fsp3) is 0.800. The number of carbonyl (C=O) groups is 3. The van der Waals surface area contributed by atoms with Crippen molar-refractivity contribution in [2.75, 3.05) is 13.7 Å². The number of aromatic nitrogens is 3. The summed E-state index contributed by atoms with van der Waals surface area (Å²) in [4.78, 5) is 39.9. The van der Waals surface area contributed by atoms with Crippen molar-refractivity contribution < 1.29 is 44.3 Å². The van der Waals surface area contributed by atoms with E-state index in [-0.39, 0.29) is 57.8 Å². The molecule has 5 saturated carbocycles. The van der Waals surface area contributed by atoms with Crippen LogP contribution in [-0.4, -0.2) is 97.4 Å². The number of aliphatic hydroxyl groups is 4. The van der Waals surface area contributed by atoms with Crippen LogP contribution in [0.25, 0.3) is 0 Å². The standard InChI is InChI=1S/C45H69N5O9/c1-24(2)27-12-17-45(19-18-43(7)28(35(27)45)10-11-33-42(6)15-14-34(54)41(4,5)32(42)13-16-44(33,43)8)40(57)46-21-26-22-50(49-48-26)29-20-31(39(56)58-9)59-38(36(29)47-25(3)52)37(55)30(53)23-51/h20,22,27-30,32-38,51,53-55H,1,10-19,21,23H2,2-9H3,(H,46,57)(H,47,52)/t27-,28+,29-,30+,32-,33+,34-,35+,36+,37+,38+,42-,43+,44+,45-/m0/s1. The Hall–Kier alpha value is -3.33. The Labute approximate surface area is 348 Å². The number of nitrogens with zero attached hydrogens (tertiary/aromatic N) is 3. The van der Waals surface area contributed by atoms with Crippen molar-refractivity contribution in [3.8, 4) is 0 Å². The summed E-state index contributed by atoms with van der Waals surface area (Å²) in [6.07, 6.45) is 8.03. The van der Waals surface area contributed by atoms with Crippen LogP contribution in [0.1, 0.15) is 124 Å². The molecule has 2 amide bonds. The third-order valence-electron chi connectivity index (χ3n) is 17.8. The smallest absolute Gasteiger partial charge is 0.373 e. The van der Waals surface area contributed by atoms with Crippen LogP contribution in [0.3, 0.4) is 0 Å². The zero-order valence-corrected chi connectivity index (χ0v) is 36.4. The fourth-order valence-corrected chi connectivity index (χ4v) is 14.6. The van der Waals surface area contributed by atoms with E-state index in [1.165, 1.54) is 24.8 Å². The second kappa shape index (κ2) is 15.5. The SMILES string of the molecule is C=C(C)[C@@H]1CC[C@]2(C(=O)NCc3cn([C@H]4C=C(C(=O)OC)O[C@@H]([C@H](O)[C@H](O)CO)[C@@H]4NC(C)=O)nn3)CC[C@]3(C)[C@H](CC[C@@H]4[C@@]5(C)CC[C@H](O)C(C)(C)[C@@H]5CC[C@]43C)[C@@H]12. The molecule has 0 spiro atoms. The van der Waals surface area contributed by atoms with Gasteiger partial charge in [0.1, 0.15) is 24.0 Å². The number of carbonyl (C=O) groups excluding carboxylic acids is 3. The van der Waals surface area contributed by atoms with Crippen LogP contribution in [0.15, 0.2) is 30.2 Å². The average molecular weight is 824 g/mol. The van der Waals surface area contributed by atoms with Gasteiger partial charge in [-0.25, -0.2) is 9.48 Å². The second-order valence-corrected chi connectivity index (χ2v) is 20.7. The molecule has 0 aromatic carbocycles. The van der Waals surface area contributed by atoms with Crippen molar-refractivity contribution in [3.05, 3.63) is 35.9 Å². The molecular weight excluding hydrogens is 755 g/mol. The molecule has 2 heterocycles. The molecule has 0 radical (unpaired) electrons. The number of hydrogen-bond acceptors (Lipinski definition) is 11. The van der Waals surface area contributed by atoms with Crippen molar-refractivity contribution in [1.29, 1.82) is 0 Å². The van der Waals surface area contributed by atoms with Gasteiger partial charge in [-0.15, -0.1) is 5.10 Å². The molecule has 14 heteroatoms. The monoisotopic (exact) mass is 824 g/mol. The second-order valence-electron chi connectivity index (χ2n) is 20.7. The molecule has 5 fully saturated rings. The topological polar surface area (TPSA) is 205 Å². The van der Waals surface area contributed by atoms with Crippen molar-refractivity contribution >= 4 is 17.8 Å². The van der Waals surface area contributed by atoms with Gasteiger partial charge in [-0.2, -0.15) is 0 Å². The average Bonchev–Trinajstić information content (AvgIpc) is 3.84. The maximum atomic E-state index is 14.9. The molecule has 0 saturated heterocycles. The van der Waals surface area contributed by atoms with E-state index in [0.29, 0.717) is 23.4 Å². The number of allylic oxidation sites excluding steroid dienone is 1. The van der Waals surface area contributed by atoms with E-state index in [2.05, 4.69) is 69.1 Å². The van der Waals surface area contributed by atoms with Gasteiger partial charge in [0, 0.05) is 6.92 Å². The van der Waals surface area contributed by atoms with Crippen LogP contribution in [0.5, 0.6) is 0 Å². The molecule has 6 aliphatic rings. The van der Waals surface area contributed by atoms with Crippen molar-refractivity contribution in [1.82, 2.24) is 25.6 Å². The Morgan fingerprint density at radius 3 is 2.37 bits per heavy atom. The number of esters is 1. The van der Waals surface area contributed by atoms with Crippen molar-refractivity contribution in [2.45, 2.75) is 156 Å². The quantitative estimate of drug-likeness (QED) is 0.146. The summed E-state index contributed by atoms with van der Waals surface area (Å²) in [5.41, 5.74) is 1.30. The number of rotatable bonds is 10. The molecule has 5 aliphatic carbocycles. The number of fused-ring (bicyclic) bond motifs is 7. The molecule has 14 nitrogen and oxygen atoms in total. The number of hydrogen-bond donors (Lipinski definition) is 6. The minimum absolute atomic E-state index is 0.0325. The van der Waals surface area contributed by atoms with E-state index in [9.17, 15) is 34.8 Å². The molecular formula is C45H69N5O9. The molecule has 7 rings (SSSR count). The van der Waals surface area contributed by atoms with Gasteiger partial charge in [0.2, 0.25) is 17.6 Å². The number of amides is 2. The van der Waals surface area contributed by atoms with E-state index in [0.717, 1.165) is 69.8 Å². The van der Waals surface area contributed by atoms with Crippen molar-refractivity contribution in [2.24, 2.45) is 56.7 Å². The first-order chi connectivity index (χ1) is 27.7. The van der Waals surface area contributed by atoms with Crippen LogP contribution < -0.4 is 10.6 Å². The third-order valence-corrected chi connectivity index (χ3v) is 17.8. The van der Waals surface area contributed by atoms with E-state index >= 15 is 0 Å². The molecule has 0 bridgehead atoms. The van der Waals surface area contributed by atoms with Crippen LogP contribution in [0.4, 0.5) is 0 Å². The molecule has 59 heavy (non-hydrogen) atoms. The molecule has 15 atom stereocenters. The lowest BCUT2D eigenvalue weighted by atomic mass is 9.32. The lowest BCUT2D eigenvalue weighted by molar-refractivity contribution is -0.246. The minimum atomic E-state index is -1.70. The lowest BCUT2D eigenvalue weighted by Gasteiger charge is -2.72. The molecule has 0 unspecified atom stereocenters. The Morgan fingerprint density at radius 2 is 1.71 bits per heavy atom. The minimum Gasteiger partial charge on any atom is -0.478 e. The Morgan fingerprint density at radius 1 is 0.983 bits per heavy atom. The molecule has 1 aromatic heterocycles. The van der Waals surface area contributed by atoms with Crippen LogP contribution in [-0.2, 0) is 30.4 Å². The van der Waals surface area contributed by atoms with Crippen LogP contribution in [0.2, 0.25) is 0 Å². The van der Waals surface area contributed by atoms with Gasteiger partial charge in [0.25, 0.3) is 0 Å². The highest BCUT2D eigenvalue weighted by atomic mass is 16.6. The summed E-state index contributed by atoms with van der Waals surface area (Å²) in [5.74, 6) is 0.297. The van der Waals surface area contributed by atoms with Gasteiger partial charge < -0.3 is 40.5 Å². The van der Waals surface area contributed by atoms with Gasteiger partial charge in [0.05, 0.1) is 50.1 Å². The summed E-state index contributed by atoms with van der Waals surface area (Å²) in [7, 11) is 1.17. The predicted molar refractivity (Wildman–Crippen MR) is 218 cm³/mol. The van der Waals surface area contributed by atoms with Crippen LogP contribution in [0, 0.1) is 56.7 Å². The van der Waals surface area contributed by atoms with Gasteiger partial charge >= 0.3 is 5.97 Å². The zero-order chi connectivity index (χ0) is 43.0. The molecule has 6 N–H and O–H groups in total. The number of nitrogens with one attached hydrogen (secondary N) is 2. The maximum Gasteiger partial charge on any atom is 0.373 e. The summed E-state index contributed by atoms with van der Waals surface area (Å²) in [6.45, 7) is 19.5. The summed E-state index contributed by atoms with van der Waals surface area (Å²) < 4.78 is 12.0. The molecule has 328 valence electrons. The first-order valence-corrected chi connectivity index (χ1v) is 21.9. The van der Waals surface area contributed by atoms with E-state index in [4.69, 9.17) is 9.47 Å². The first kappa shape index (κ1) is 43.7. The van der Waals surface area contributed by atoms with Crippen molar-refractivity contribution in [3.63, 3.8) is 0 Å². The first-order valence-electron chi connectivity index (χ1n) is 21.9. The zero-order valence-electron chi connectivity index (χ0n) is 36.4. The Balaban J connectivity index is 1.14. The number of aliphatic hydroxyl groups excluding tert-OH is 4. The highest BCUT2D eigenvalue weighted by Crippen LogP contribution is 2.77. The Kier molecular flexibility index (Phi) is 11.5. The van der Waals surface area contributed by atoms with E-state index < -0.39 is 54.3 Å². The highest BCUT2D eigenvalue weighted by molar-refractivity contribution is 5.86. The Bertz CT molecular complexity index is 1850. The number of ether oxygens (including phenoxy) is 2. The van der Waals surface area contributed by atoms with Gasteiger partial charge in [-0.3, -0.25) is 9.59 Å². The van der Waals surface area contributed by atoms with Gasteiger partial charge in [0.15, 0.2) is 0 Å². The van der Waals surface area contributed by atoms with Crippen LogP contribution >= 0.6 is 0 Å². The van der Waals surface area contributed by atoms with E-state index in [1.54, 1.807) is 6.20 Å².